The predicted molar refractivity (Wildman–Crippen MR) is 157 cm³/mol. The average molecular weight is 584 g/mol. The summed E-state index contributed by atoms with van der Waals surface area (Å²) in [4.78, 5) is 5.08. The molecule has 0 aliphatic heterocycles. The van der Waals surface area contributed by atoms with Gasteiger partial charge >= 0.3 is 0 Å². The van der Waals surface area contributed by atoms with Gasteiger partial charge in [-0.3, -0.25) is 4.72 Å². The van der Waals surface area contributed by atoms with Gasteiger partial charge in [-0.25, -0.2) is 13.4 Å². The van der Waals surface area contributed by atoms with Crippen LogP contribution in [0.4, 0.5) is 11.6 Å². The number of sulfonamides is 1. The molecule has 8 heteroatoms. The number of nitrogens with one attached hydrogen (secondary N) is 2. The third kappa shape index (κ3) is 7.14. The lowest BCUT2D eigenvalue weighted by molar-refractivity contribution is 0.565. The van der Waals surface area contributed by atoms with Crippen LogP contribution in [0.1, 0.15) is 56.6 Å². The maximum Gasteiger partial charge on any atom is 0.261 e. The van der Waals surface area contributed by atoms with Crippen LogP contribution in [0.3, 0.4) is 0 Å². The van der Waals surface area contributed by atoms with Crippen LogP contribution in [0.15, 0.2) is 76.1 Å². The van der Waals surface area contributed by atoms with Crippen LogP contribution >= 0.6 is 15.9 Å². The van der Waals surface area contributed by atoms with Crippen molar-refractivity contribution in [2.24, 2.45) is 0 Å². The van der Waals surface area contributed by atoms with Crippen LogP contribution in [0.25, 0.3) is 11.0 Å². The Morgan fingerprint density at radius 2 is 1.65 bits per heavy atom. The fraction of sp³-hybridized carbons (Fsp3) is 0.345. The first-order valence-corrected chi connectivity index (χ1v) is 15.2. The Bertz CT molecular complexity index is 1430. The minimum Gasteiger partial charge on any atom is -0.351 e. The molecular formula is C29H35BrN4O2S. The summed E-state index contributed by atoms with van der Waals surface area (Å²) in [6.07, 6.45) is 7.38. The van der Waals surface area contributed by atoms with Crippen molar-refractivity contribution in [1.29, 1.82) is 0 Å². The SMILES string of the molecule is CCCCCCCCn1c(NCc2cc(Br)ccc2NS(=O)(=O)c2ccc(C)cc2)nc2ccccc21. The lowest BCUT2D eigenvalue weighted by atomic mass is 10.1. The van der Waals surface area contributed by atoms with Crippen molar-refractivity contribution in [3.63, 3.8) is 0 Å². The Morgan fingerprint density at radius 1 is 0.919 bits per heavy atom. The second-order valence-electron chi connectivity index (χ2n) is 9.42. The van der Waals surface area contributed by atoms with E-state index in [1.54, 1.807) is 30.3 Å². The summed E-state index contributed by atoms with van der Waals surface area (Å²) in [5.41, 5.74) is 4.42. The molecule has 0 amide bonds. The normalized spacial score (nSPS) is 11.6. The molecule has 6 nitrogen and oxygen atoms in total. The molecular weight excluding hydrogens is 548 g/mol. The van der Waals surface area contributed by atoms with Crippen molar-refractivity contribution in [3.8, 4) is 0 Å². The number of rotatable bonds is 13. The first-order chi connectivity index (χ1) is 17.9. The van der Waals surface area contributed by atoms with Crippen molar-refractivity contribution in [3.05, 3.63) is 82.3 Å². The molecule has 1 aromatic heterocycles. The fourth-order valence-electron chi connectivity index (χ4n) is 4.39. The Kier molecular flexibility index (Phi) is 9.27. The Labute approximate surface area is 228 Å². The molecule has 1 heterocycles. The van der Waals surface area contributed by atoms with Gasteiger partial charge in [0.15, 0.2) is 0 Å². The van der Waals surface area contributed by atoms with Gasteiger partial charge in [-0.05, 0) is 61.4 Å². The van der Waals surface area contributed by atoms with E-state index in [1.807, 2.05) is 37.3 Å². The van der Waals surface area contributed by atoms with E-state index in [-0.39, 0.29) is 4.90 Å². The maximum atomic E-state index is 13.0. The molecule has 3 aromatic carbocycles. The highest BCUT2D eigenvalue weighted by Crippen LogP contribution is 2.27. The lowest BCUT2D eigenvalue weighted by Gasteiger charge is -2.15. The van der Waals surface area contributed by atoms with E-state index in [0.717, 1.165) is 45.5 Å². The zero-order valence-electron chi connectivity index (χ0n) is 21.5. The summed E-state index contributed by atoms with van der Waals surface area (Å²) in [7, 11) is -3.71. The van der Waals surface area contributed by atoms with Crippen molar-refractivity contribution in [1.82, 2.24) is 9.55 Å². The second-order valence-corrected chi connectivity index (χ2v) is 12.0. The topological polar surface area (TPSA) is 76.0 Å². The molecule has 0 bridgehead atoms. The number of fused-ring (bicyclic) bond motifs is 1. The zero-order valence-corrected chi connectivity index (χ0v) is 23.9. The number of hydrogen-bond acceptors (Lipinski definition) is 4. The summed E-state index contributed by atoms with van der Waals surface area (Å²) < 4.78 is 32.0. The molecule has 4 aromatic rings. The van der Waals surface area contributed by atoms with Gasteiger partial charge < -0.3 is 9.88 Å². The van der Waals surface area contributed by atoms with Gasteiger partial charge in [0, 0.05) is 17.6 Å². The number of nitrogens with zero attached hydrogens (tertiary/aromatic N) is 2. The summed E-state index contributed by atoms with van der Waals surface area (Å²) >= 11 is 3.53. The van der Waals surface area contributed by atoms with Gasteiger partial charge in [-0.15, -0.1) is 0 Å². The highest BCUT2D eigenvalue weighted by molar-refractivity contribution is 9.10. The van der Waals surface area contributed by atoms with E-state index in [4.69, 9.17) is 4.98 Å². The number of hydrogen-bond donors (Lipinski definition) is 2. The largest absolute Gasteiger partial charge is 0.351 e. The zero-order chi connectivity index (χ0) is 26.3. The first kappa shape index (κ1) is 27.2. The Balaban J connectivity index is 1.52. The molecule has 0 saturated carbocycles. The lowest BCUT2D eigenvalue weighted by Crippen LogP contribution is -2.15. The monoisotopic (exact) mass is 582 g/mol. The molecule has 0 unspecified atom stereocenters. The Morgan fingerprint density at radius 3 is 2.43 bits per heavy atom. The quantitative estimate of drug-likeness (QED) is 0.157. The summed E-state index contributed by atoms with van der Waals surface area (Å²) in [5.74, 6) is 0.794. The molecule has 0 atom stereocenters. The number of benzene rings is 3. The first-order valence-electron chi connectivity index (χ1n) is 12.9. The van der Waals surface area contributed by atoms with Crippen molar-refractivity contribution in [2.45, 2.75) is 70.4 Å². The fourth-order valence-corrected chi connectivity index (χ4v) is 5.90. The number of imidazole rings is 1. The molecule has 0 aliphatic rings. The molecule has 0 fully saturated rings. The van der Waals surface area contributed by atoms with Crippen molar-refractivity contribution in [2.75, 3.05) is 10.0 Å². The van der Waals surface area contributed by atoms with E-state index in [2.05, 4.69) is 43.5 Å². The number of anilines is 2. The molecule has 0 saturated heterocycles. The molecule has 0 radical (unpaired) electrons. The van der Waals surface area contributed by atoms with Crippen LogP contribution in [-0.4, -0.2) is 18.0 Å². The maximum absolute atomic E-state index is 13.0. The predicted octanol–water partition coefficient (Wildman–Crippen LogP) is 7.88. The van der Waals surface area contributed by atoms with Crippen LogP contribution in [0.2, 0.25) is 0 Å². The van der Waals surface area contributed by atoms with Crippen LogP contribution in [0.5, 0.6) is 0 Å². The van der Waals surface area contributed by atoms with Crippen LogP contribution < -0.4 is 10.0 Å². The molecule has 37 heavy (non-hydrogen) atoms. The van der Waals surface area contributed by atoms with Gasteiger partial charge in [-0.1, -0.05) is 84.8 Å². The number of aryl methyl sites for hydroxylation is 2. The van der Waals surface area contributed by atoms with Crippen molar-refractivity contribution < 1.29 is 8.42 Å². The molecule has 0 aliphatic carbocycles. The van der Waals surface area contributed by atoms with E-state index in [0.29, 0.717) is 12.2 Å². The summed E-state index contributed by atoms with van der Waals surface area (Å²) in [6, 6.07) is 20.6. The standard InChI is InChI=1S/C29H35BrN4O2S/c1-3-4-5-6-7-10-19-34-28-12-9-8-11-27(28)32-29(34)31-21-23-20-24(30)15-18-26(23)33-37(35,36)25-16-13-22(2)14-17-25/h8-9,11-18,20,33H,3-7,10,19,21H2,1-2H3,(H,31,32). The summed E-state index contributed by atoms with van der Waals surface area (Å²) in [5, 5.41) is 3.48. The van der Waals surface area contributed by atoms with E-state index in [9.17, 15) is 8.42 Å². The van der Waals surface area contributed by atoms with E-state index >= 15 is 0 Å². The van der Waals surface area contributed by atoms with Gasteiger partial charge in [-0.2, -0.15) is 0 Å². The Hall–Kier alpha value is -2.84. The van der Waals surface area contributed by atoms with E-state index < -0.39 is 10.0 Å². The number of para-hydroxylation sites is 2. The number of unbranched alkanes of at least 4 members (excludes halogenated alkanes) is 5. The molecule has 2 N–H and O–H groups in total. The minimum absolute atomic E-state index is 0.237. The average Bonchev–Trinajstić information content (AvgIpc) is 3.24. The number of aromatic nitrogens is 2. The van der Waals surface area contributed by atoms with Crippen LogP contribution in [0, 0.1) is 6.92 Å². The smallest absolute Gasteiger partial charge is 0.261 e. The number of halogens is 1. The molecule has 0 spiro atoms. The van der Waals surface area contributed by atoms with Crippen LogP contribution in [-0.2, 0) is 23.1 Å². The minimum atomic E-state index is -3.71. The molecule has 196 valence electrons. The third-order valence-electron chi connectivity index (χ3n) is 6.47. The summed E-state index contributed by atoms with van der Waals surface area (Å²) in [6.45, 7) is 5.48. The van der Waals surface area contributed by atoms with E-state index in [1.165, 1.54) is 32.1 Å². The van der Waals surface area contributed by atoms with Crippen molar-refractivity contribution >= 4 is 48.6 Å². The van der Waals surface area contributed by atoms with Gasteiger partial charge in [0.25, 0.3) is 10.0 Å². The third-order valence-corrected chi connectivity index (χ3v) is 8.34. The van der Waals surface area contributed by atoms with Gasteiger partial charge in [0.1, 0.15) is 0 Å². The van der Waals surface area contributed by atoms with Gasteiger partial charge in [0.2, 0.25) is 5.95 Å². The van der Waals surface area contributed by atoms with Gasteiger partial charge in [0.05, 0.1) is 21.6 Å². The molecule has 4 rings (SSSR count). The highest BCUT2D eigenvalue weighted by atomic mass is 79.9. The second kappa shape index (κ2) is 12.6. The highest BCUT2D eigenvalue weighted by Gasteiger charge is 2.17.